The van der Waals surface area contributed by atoms with Crippen LogP contribution in [0.25, 0.3) is 0 Å². The van der Waals surface area contributed by atoms with E-state index in [9.17, 15) is 13.6 Å². The summed E-state index contributed by atoms with van der Waals surface area (Å²) in [5, 5.41) is 5.77. The van der Waals surface area contributed by atoms with Crippen LogP contribution in [-0.4, -0.2) is 31.7 Å². The van der Waals surface area contributed by atoms with Gasteiger partial charge in [-0.2, -0.15) is 8.78 Å². The molecule has 0 spiro atoms. The van der Waals surface area contributed by atoms with E-state index in [2.05, 4.69) is 15.4 Å². The maximum absolute atomic E-state index is 12.2. The maximum atomic E-state index is 12.2. The highest BCUT2D eigenvalue weighted by Gasteiger charge is 2.14. The number of ether oxygens (including phenoxy) is 1. The summed E-state index contributed by atoms with van der Waals surface area (Å²) in [6.07, 6.45) is 0. The van der Waals surface area contributed by atoms with Crippen LogP contribution < -0.4 is 15.4 Å². The van der Waals surface area contributed by atoms with E-state index in [1.165, 1.54) is 18.2 Å². The first kappa shape index (κ1) is 15.4. The molecule has 106 valence electrons. The highest BCUT2D eigenvalue weighted by atomic mass is 19.3. The fourth-order valence-corrected chi connectivity index (χ4v) is 1.49. The normalized spacial score (nSPS) is 10.8. The van der Waals surface area contributed by atoms with Crippen LogP contribution in [0.5, 0.6) is 5.75 Å². The lowest BCUT2D eigenvalue weighted by molar-refractivity contribution is -0.0501. The average Bonchev–Trinajstić information content (AvgIpc) is 2.34. The maximum Gasteiger partial charge on any atom is 0.387 e. The van der Waals surface area contributed by atoms with E-state index in [0.29, 0.717) is 19.1 Å². The Morgan fingerprint density at radius 2 is 1.95 bits per heavy atom. The second-order valence-electron chi connectivity index (χ2n) is 4.24. The molecule has 1 amide bonds. The molecule has 1 aromatic carbocycles. The molecule has 1 aromatic rings. The molecule has 0 fully saturated rings. The largest absolute Gasteiger partial charge is 0.434 e. The average molecular weight is 272 g/mol. The van der Waals surface area contributed by atoms with E-state index in [0.717, 1.165) is 0 Å². The van der Waals surface area contributed by atoms with E-state index < -0.39 is 12.5 Å². The molecule has 1 rings (SSSR count). The number of hydrogen-bond acceptors (Lipinski definition) is 3. The van der Waals surface area contributed by atoms with Gasteiger partial charge in [0.2, 0.25) is 0 Å². The third kappa shape index (κ3) is 5.65. The van der Waals surface area contributed by atoms with Crippen LogP contribution in [0.4, 0.5) is 8.78 Å². The van der Waals surface area contributed by atoms with Crippen LogP contribution in [0.15, 0.2) is 24.3 Å². The SMILES string of the molecule is CC(C)NCCNC(=O)c1ccccc1OC(F)F. The molecule has 4 nitrogen and oxygen atoms in total. The second-order valence-corrected chi connectivity index (χ2v) is 4.24. The van der Waals surface area contributed by atoms with E-state index in [-0.39, 0.29) is 11.3 Å². The molecule has 0 aliphatic heterocycles. The van der Waals surface area contributed by atoms with Crippen LogP contribution in [0.3, 0.4) is 0 Å². The van der Waals surface area contributed by atoms with Crippen molar-refractivity contribution in [3.63, 3.8) is 0 Å². The van der Waals surface area contributed by atoms with Gasteiger partial charge in [0.25, 0.3) is 5.91 Å². The molecule has 0 aliphatic rings. The third-order valence-corrected chi connectivity index (χ3v) is 2.31. The van der Waals surface area contributed by atoms with Gasteiger partial charge in [-0.15, -0.1) is 0 Å². The van der Waals surface area contributed by atoms with Crippen molar-refractivity contribution in [3.8, 4) is 5.75 Å². The first-order valence-electron chi connectivity index (χ1n) is 6.06. The highest BCUT2D eigenvalue weighted by molar-refractivity contribution is 5.96. The Labute approximate surface area is 111 Å². The van der Waals surface area contributed by atoms with Crippen molar-refractivity contribution in [2.45, 2.75) is 26.5 Å². The Hall–Kier alpha value is -1.69. The van der Waals surface area contributed by atoms with Crippen LogP contribution in [0.1, 0.15) is 24.2 Å². The summed E-state index contributed by atoms with van der Waals surface area (Å²) in [6, 6.07) is 6.25. The fourth-order valence-electron chi connectivity index (χ4n) is 1.49. The van der Waals surface area contributed by atoms with Crippen LogP contribution in [0, 0.1) is 0 Å². The molecular formula is C13H18F2N2O2. The minimum Gasteiger partial charge on any atom is -0.434 e. The number of hydrogen-bond donors (Lipinski definition) is 2. The van der Waals surface area contributed by atoms with Gasteiger partial charge < -0.3 is 15.4 Å². The molecule has 0 aromatic heterocycles. The van der Waals surface area contributed by atoms with Crippen molar-refractivity contribution in [2.75, 3.05) is 13.1 Å². The molecule has 19 heavy (non-hydrogen) atoms. The monoisotopic (exact) mass is 272 g/mol. The molecule has 0 saturated heterocycles. The molecule has 2 N–H and O–H groups in total. The summed E-state index contributed by atoms with van der Waals surface area (Å²) in [7, 11) is 0. The van der Waals surface area contributed by atoms with Crippen molar-refractivity contribution in [1.82, 2.24) is 10.6 Å². The standard InChI is InChI=1S/C13H18F2N2O2/c1-9(2)16-7-8-17-12(18)10-5-3-4-6-11(10)19-13(14)15/h3-6,9,13,16H,7-8H2,1-2H3,(H,17,18). The number of alkyl halides is 2. The molecule has 6 heteroatoms. The van der Waals surface area contributed by atoms with Crippen molar-refractivity contribution < 1.29 is 18.3 Å². The third-order valence-electron chi connectivity index (χ3n) is 2.31. The molecule has 0 saturated carbocycles. The highest BCUT2D eigenvalue weighted by Crippen LogP contribution is 2.19. The van der Waals surface area contributed by atoms with Crippen molar-refractivity contribution in [1.29, 1.82) is 0 Å². The van der Waals surface area contributed by atoms with E-state index in [1.54, 1.807) is 6.07 Å². The number of halogens is 2. The zero-order valence-corrected chi connectivity index (χ0v) is 11.0. The summed E-state index contributed by atoms with van der Waals surface area (Å²) in [5.74, 6) is -0.548. The Morgan fingerprint density at radius 3 is 2.58 bits per heavy atom. The summed E-state index contributed by atoms with van der Waals surface area (Å²) in [6.45, 7) is 2.07. The Kier molecular flexibility index (Phi) is 6.21. The van der Waals surface area contributed by atoms with E-state index in [4.69, 9.17) is 0 Å². The van der Waals surface area contributed by atoms with Gasteiger partial charge in [0.05, 0.1) is 5.56 Å². The molecule has 0 atom stereocenters. The molecule has 0 radical (unpaired) electrons. The minimum atomic E-state index is -2.95. The van der Waals surface area contributed by atoms with E-state index in [1.807, 2.05) is 13.8 Å². The second kappa shape index (κ2) is 7.68. The van der Waals surface area contributed by atoms with Crippen molar-refractivity contribution in [3.05, 3.63) is 29.8 Å². The lowest BCUT2D eigenvalue weighted by Crippen LogP contribution is -2.34. The number of benzene rings is 1. The lowest BCUT2D eigenvalue weighted by atomic mass is 10.2. The molecule has 0 aliphatic carbocycles. The van der Waals surface area contributed by atoms with Crippen LogP contribution in [0.2, 0.25) is 0 Å². The van der Waals surface area contributed by atoms with Crippen LogP contribution >= 0.6 is 0 Å². The topological polar surface area (TPSA) is 50.4 Å². The molecule has 0 unspecified atom stereocenters. The zero-order valence-electron chi connectivity index (χ0n) is 11.0. The first-order valence-corrected chi connectivity index (χ1v) is 6.06. The lowest BCUT2D eigenvalue weighted by Gasteiger charge is -2.12. The van der Waals surface area contributed by atoms with E-state index >= 15 is 0 Å². The van der Waals surface area contributed by atoms with Gasteiger partial charge in [-0.1, -0.05) is 26.0 Å². The van der Waals surface area contributed by atoms with Gasteiger partial charge in [0.1, 0.15) is 5.75 Å². The minimum absolute atomic E-state index is 0.104. The Balaban J connectivity index is 2.56. The summed E-state index contributed by atoms with van der Waals surface area (Å²) in [5.41, 5.74) is 0.104. The number of carbonyl (C=O) groups excluding carboxylic acids is 1. The Morgan fingerprint density at radius 1 is 1.26 bits per heavy atom. The molecule has 0 heterocycles. The van der Waals surface area contributed by atoms with Gasteiger partial charge >= 0.3 is 6.61 Å². The number of rotatable bonds is 7. The van der Waals surface area contributed by atoms with Gasteiger partial charge in [0.15, 0.2) is 0 Å². The number of carbonyl (C=O) groups is 1. The first-order chi connectivity index (χ1) is 9.00. The number of nitrogens with one attached hydrogen (secondary N) is 2. The van der Waals surface area contributed by atoms with Gasteiger partial charge in [-0.25, -0.2) is 0 Å². The smallest absolute Gasteiger partial charge is 0.387 e. The van der Waals surface area contributed by atoms with Crippen LogP contribution in [-0.2, 0) is 0 Å². The summed E-state index contributed by atoms with van der Waals surface area (Å²) in [4.78, 5) is 11.8. The summed E-state index contributed by atoms with van der Waals surface area (Å²) >= 11 is 0. The van der Waals surface area contributed by atoms with Crippen molar-refractivity contribution in [2.24, 2.45) is 0 Å². The van der Waals surface area contributed by atoms with Crippen molar-refractivity contribution >= 4 is 5.91 Å². The quantitative estimate of drug-likeness (QED) is 0.747. The Bertz CT molecular complexity index is 411. The molecular weight excluding hydrogens is 254 g/mol. The number of para-hydroxylation sites is 1. The molecule has 0 bridgehead atoms. The zero-order chi connectivity index (χ0) is 14.3. The number of amides is 1. The fraction of sp³-hybridized carbons (Fsp3) is 0.462. The van der Waals surface area contributed by atoms with Gasteiger partial charge in [-0.3, -0.25) is 4.79 Å². The summed E-state index contributed by atoms with van der Waals surface area (Å²) < 4.78 is 28.7. The predicted molar refractivity (Wildman–Crippen MR) is 68.5 cm³/mol. The predicted octanol–water partition coefficient (Wildman–Crippen LogP) is 2.02. The van der Waals surface area contributed by atoms with Gasteiger partial charge in [0, 0.05) is 19.1 Å². The van der Waals surface area contributed by atoms with Gasteiger partial charge in [-0.05, 0) is 12.1 Å².